The highest BCUT2D eigenvalue weighted by molar-refractivity contribution is 6.07. The fourth-order valence-corrected chi connectivity index (χ4v) is 2.21. The zero-order valence-corrected chi connectivity index (χ0v) is 9.89. The maximum absolute atomic E-state index is 5.84. The van der Waals surface area contributed by atoms with Crippen LogP contribution >= 0.6 is 0 Å². The first kappa shape index (κ1) is 10.2. The van der Waals surface area contributed by atoms with E-state index < -0.39 is 0 Å². The number of hydrogen-bond donors (Lipinski definition) is 0. The SMILES string of the molecule is CCCOn1c2ccccc2c2ccccc21. The molecule has 0 amide bonds. The van der Waals surface area contributed by atoms with Gasteiger partial charge in [0.25, 0.3) is 0 Å². The minimum Gasteiger partial charge on any atom is -0.413 e. The molecular weight excluding hydrogens is 210 g/mol. The van der Waals surface area contributed by atoms with Crippen molar-refractivity contribution < 1.29 is 4.84 Å². The Bertz CT molecular complexity index is 601. The van der Waals surface area contributed by atoms with Crippen LogP contribution < -0.4 is 4.84 Å². The highest BCUT2D eigenvalue weighted by atomic mass is 16.7. The van der Waals surface area contributed by atoms with Gasteiger partial charge in [-0.15, -0.1) is 0 Å². The molecule has 0 saturated heterocycles. The fourth-order valence-electron chi connectivity index (χ4n) is 2.21. The monoisotopic (exact) mass is 225 g/mol. The van der Waals surface area contributed by atoms with Gasteiger partial charge in [-0.1, -0.05) is 43.3 Å². The van der Waals surface area contributed by atoms with Crippen molar-refractivity contribution in [1.29, 1.82) is 0 Å². The molecule has 2 heteroatoms. The van der Waals surface area contributed by atoms with E-state index in [9.17, 15) is 0 Å². The number of para-hydroxylation sites is 2. The minimum absolute atomic E-state index is 0.739. The molecule has 0 atom stereocenters. The van der Waals surface area contributed by atoms with Crippen LogP contribution in [0.15, 0.2) is 48.5 Å². The Kier molecular flexibility index (Phi) is 2.48. The first-order chi connectivity index (χ1) is 8.42. The van der Waals surface area contributed by atoms with Crippen molar-refractivity contribution in [3.8, 4) is 0 Å². The van der Waals surface area contributed by atoms with E-state index in [1.807, 2.05) is 16.9 Å². The third-order valence-corrected chi connectivity index (χ3v) is 2.96. The molecule has 2 aromatic carbocycles. The van der Waals surface area contributed by atoms with Crippen LogP contribution in [0.5, 0.6) is 0 Å². The van der Waals surface area contributed by atoms with Gasteiger partial charge in [0, 0.05) is 10.8 Å². The number of fused-ring (bicyclic) bond motifs is 3. The number of nitrogens with zero attached hydrogens (tertiary/aromatic N) is 1. The Hall–Kier alpha value is -1.96. The van der Waals surface area contributed by atoms with Crippen LogP contribution in [-0.2, 0) is 0 Å². The van der Waals surface area contributed by atoms with Gasteiger partial charge in [0.15, 0.2) is 0 Å². The Balaban J connectivity index is 2.33. The Labute approximate surface area is 100 Å². The van der Waals surface area contributed by atoms with E-state index in [1.165, 1.54) is 10.8 Å². The van der Waals surface area contributed by atoms with Gasteiger partial charge < -0.3 is 4.84 Å². The molecule has 0 saturated carbocycles. The second kappa shape index (κ2) is 4.13. The van der Waals surface area contributed by atoms with Crippen LogP contribution in [0.1, 0.15) is 13.3 Å². The summed E-state index contributed by atoms with van der Waals surface area (Å²) in [4.78, 5) is 5.84. The highest BCUT2D eigenvalue weighted by Crippen LogP contribution is 2.27. The van der Waals surface area contributed by atoms with Crippen LogP contribution in [0.4, 0.5) is 0 Å². The summed E-state index contributed by atoms with van der Waals surface area (Å²) in [5.41, 5.74) is 2.28. The maximum atomic E-state index is 5.84. The van der Waals surface area contributed by atoms with Crippen molar-refractivity contribution in [2.45, 2.75) is 13.3 Å². The first-order valence-electron chi connectivity index (χ1n) is 6.03. The molecule has 0 unspecified atom stereocenters. The van der Waals surface area contributed by atoms with Crippen molar-refractivity contribution in [2.75, 3.05) is 6.61 Å². The number of benzene rings is 2. The summed E-state index contributed by atoms with van der Waals surface area (Å²) in [7, 11) is 0. The molecule has 1 aromatic heterocycles. The van der Waals surface area contributed by atoms with Crippen LogP contribution in [0.25, 0.3) is 21.8 Å². The van der Waals surface area contributed by atoms with Crippen molar-refractivity contribution in [1.82, 2.24) is 4.73 Å². The van der Waals surface area contributed by atoms with E-state index in [4.69, 9.17) is 4.84 Å². The number of aromatic nitrogens is 1. The lowest BCUT2D eigenvalue weighted by atomic mass is 10.2. The van der Waals surface area contributed by atoms with Crippen molar-refractivity contribution in [3.63, 3.8) is 0 Å². The van der Waals surface area contributed by atoms with Crippen molar-refractivity contribution in [3.05, 3.63) is 48.5 Å². The second-order valence-electron chi connectivity index (χ2n) is 4.16. The van der Waals surface area contributed by atoms with E-state index in [0.29, 0.717) is 0 Å². The molecule has 3 aromatic rings. The molecule has 2 nitrogen and oxygen atoms in total. The molecule has 1 heterocycles. The van der Waals surface area contributed by atoms with Gasteiger partial charge in [-0.3, -0.25) is 0 Å². The second-order valence-corrected chi connectivity index (χ2v) is 4.16. The maximum Gasteiger partial charge on any atom is 0.114 e. The van der Waals surface area contributed by atoms with Crippen molar-refractivity contribution in [2.24, 2.45) is 0 Å². The zero-order chi connectivity index (χ0) is 11.7. The van der Waals surface area contributed by atoms with Gasteiger partial charge in [0.1, 0.15) is 6.61 Å². The standard InChI is InChI=1S/C15H15NO/c1-2-11-17-16-14-9-5-3-7-12(14)13-8-4-6-10-15(13)16/h3-10H,2,11H2,1H3. The van der Waals surface area contributed by atoms with E-state index in [2.05, 4.69) is 43.3 Å². The molecule has 0 aliphatic rings. The average Bonchev–Trinajstić information content (AvgIpc) is 2.71. The molecule has 0 spiro atoms. The van der Waals surface area contributed by atoms with Gasteiger partial charge in [0.05, 0.1) is 11.0 Å². The topological polar surface area (TPSA) is 14.2 Å². The Morgan fingerprint density at radius 3 is 1.94 bits per heavy atom. The molecular formula is C15H15NO. The van der Waals surface area contributed by atoms with Gasteiger partial charge in [-0.2, -0.15) is 4.73 Å². The number of rotatable bonds is 3. The van der Waals surface area contributed by atoms with E-state index >= 15 is 0 Å². The lowest BCUT2D eigenvalue weighted by Gasteiger charge is -2.08. The fraction of sp³-hybridized carbons (Fsp3) is 0.200. The lowest BCUT2D eigenvalue weighted by Crippen LogP contribution is -2.11. The molecule has 0 N–H and O–H groups in total. The van der Waals surface area contributed by atoms with E-state index in [-0.39, 0.29) is 0 Å². The molecule has 17 heavy (non-hydrogen) atoms. The Morgan fingerprint density at radius 2 is 1.41 bits per heavy atom. The third-order valence-electron chi connectivity index (χ3n) is 2.96. The normalized spacial score (nSPS) is 11.1. The van der Waals surface area contributed by atoms with Crippen LogP contribution in [0.3, 0.4) is 0 Å². The average molecular weight is 225 g/mol. The van der Waals surface area contributed by atoms with Gasteiger partial charge in [-0.05, 0) is 18.6 Å². The van der Waals surface area contributed by atoms with Crippen LogP contribution in [0.2, 0.25) is 0 Å². The zero-order valence-electron chi connectivity index (χ0n) is 9.89. The molecule has 0 aliphatic heterocycles. The largest absolute Gasteiger partial charge is 0.413 e. The van der Waals surface area contributed by atoms with E-state index in [0.717, 1.165) is 24.1 Å². The Morgan fingerprint density at radius 1 is 0.882 bits per heavy atom. The molecule has 0 radical (unpaired) electrons. The summed E-state index contributed by atoms with van der Waals surface area (Å²) in [5, 5.41) is 2.50. The molecule has 0 aliphatic carbocycles. The summed E-state index contributed by atoms with van der Waals surface area (Å²) >= 11 is 0. The van der Waals surface area contributed by atoms with Gasteiger partial charge in [-0.25, -0.2) is 0 Å². The molecule has 0 fully saturated rings. The summed E-state index contributed by atoms with van der Waals surface area (Å²) < 4.78 is 1.95. The molecule has 3 rings (SSSR count). The number of hydrogen-bond acceptors (Lipinski definition) is 1. The smallest absolute Gasteiger partial charge is 0.114 e. The summed E-state index contributed by atoms with van der Waals surface area (Å²) in [6.07, 6.45) is 1.01. The minimum atomic E-state index is 0.739. The summed E-state index contributed by atoms with van der Waals surface area (Å²) in [6.45, 7) is 2.86. The quantitative estimate of drug-likeness (QED) is 0.664. The van der Waals surface area contributed by atoms with Crippen molar-refractivity contribution >= 4 is 21.8 Å². The predicted molar refractivity (Wildman–Crippen MR) is 71.2 cm³/mol. The first-order valence-corrected chi connectivity index (χ1v) is 6.03. The highest BCUT2D eigenvalue weighted by Gasteiger charge is 2.09. The lowest BCUT2D eigenvalue weighted by molar-refractivity contribution is 0.130. The van der Waals surface area contributed by atoms with Gasteiger partial charge >= 0.3 is 0 Å². The van der Waals surface area contributed by atoms with Crippen LogP contribution in [0, 0.1) is 0 Å². The predicted octanol–water partition coefficient (Wildman–Crippen LogP) is 3.63. The van der Waals surface area contributed by atoms with Crippen LogP contribution in [-0.4, -0.2) is 11.3 Å². The van der Waals surface area contributed by atoms with E-state index in [1.54, 1.807) is 0 Å². The summed E-state index contributed by atoms with van der Waals surface area (Å²) in [6, 6.07) is 16.7. The molecule has 86 valence electrons. The summed E-state index contributed by atoms with van der Waals surface area (Å²) in [5.74, 6) is 0. The molecule has 0 bridgehead atoms. The van der Waals surface area contributed by atoms with Gasteiger partial charge in [0.2, 0.25) is 0 Å². The third kappa shape index (κ3) is 1.57.